The van der Waals surface area contributed by atoms with Crippen LogP contribution in [-0.4, -0.2) is 56.4 Å². The van der Waals surface area contributed by atoms with Crippen LogP contribution in [0.4, 0.5) is 0 Å². The SMILES string of the molecule is CCN1CCCC(CN)(NCC(C)OC)CC1. The molecule has 0 amide bonds. The number of nitrogens with zero attached hydrogens (tertiary/aromatic N) is 1. The monoisotopic (exact) mass is 243 g/mol. The van der Waals surface area contributed by atoms with Gasteiger partial charge in [-0.15, -0.1) is 0 Å². The van der Waals surface area contributed by atoms with Gasteiger partial charge in [-0.25, -0.2) is 0 Å². The number of hydrogen-bond donors (Lipinski definition) is 2. The summed E-state index contributed by atoms with van der Waals surface area (Å²) in [6, 6.07) is 0. The lowest BCUT2D eigenvalue weighted by Crippen LogP contribution is -2.53. The smallest absolute Gasteiger partial charge is 0.0667 e. The second kappa shape index (κ2) is 7.31. The Kier molecular flexibility index (Phi) is 6.41. The van der Waals surface area contributed by atoms with Crippen molar-refractivity contribution in [1.29, 1.82) is 0 Å². The zero-order chi connectivity index (χ0) is 12.7. The fraction of sp³-hybridized carbons (Fsp3) is 1.00. The van der Waals surface area contributed by atoms with Crippen molar-refractivity contribution < 1.29 is 4.74 Å². The molecule has 0 bridgehead atoms. The fourth-order valence-electron chi connectivity index (χ4n) is 2.46. The molecule has 1 saturated heterocycles. The van der Waals surface area contributed by atoms with Crippen molar-refractivity contribution in [2.75, 3.05) is 39.8 Å². The summed E-state index contributed by atoms with van der Waals surface area (Å²) < 4.78 is 5.29. The molecule has 102 valence electrons. The van der Waals surface area contributed by atoms with E-state index in [9.17, 15) is 0 Å². The average molecular weight is 243 g/mol. The van der Waals surface area contributed by atoms with Gasteiger partial charge in [-0.2, -0.15) is 0 Å². The van der Waals surface area contributed by atoms with Gasteiger partial charge < -0.3 is 20.7 Å². The van der Waals surface area contributed by atoms with Gasteiger partial charge in [-0.3, -0.25) is 0 Å². The third-order valence-corrected chi connectivity index (χ3v) is 4.04. The molecule has 0 aromatic carbocycles. The maximum atomic E-state index is 6.00. The topological polar surface area (TPSA) is 50.5 Å². The summed E-state index contributed by atoms with van der Waals surface area (Å²) in [5.74, 6) is 0. The number of nitrogens with one attached hydrogen (secondary N) is 1. The maximum absolute atomic E-state index is 6.00. The van der Waals surface area contributed by atoms with Crippen LogP contribution in [0.2, 0.25) is 0 Å². The van der Waals surface area contributed by atoms with Crippen molar-refractivity contribution in [2.24, 2.45) is 5.73 Å². The molecule has 1 heterocycles. The Morgan fingerprint density at radius 2 is 2.18 bits per heavy atom. The van der Waals surface area contributed by atoms with E-state index < -0.39 is 0 Å². The first-order valence-corrected chi connectivity index (χ1v) is 6.86. The Hall–Kier alpha value is -0.160. The number of hydrogen-bond acceptors (Lipinski definition) is 4. The van der Waals surface area contributed by atoms with Gasteiger partial charge >= 0.3 is 0 Å². The van der Waals surface area contributed by atoms with E-state index in [-0.39, 0.29) is 11.6 Å². The van der Waals surface area contributed by atoms with Crippen LogP contribution in [0.1, 0.15) is 33.1 Å². The van der Waals surface area contributed by atoms with Gasteiger partial charge in [0.2, 0.25) is 0 Å². The molecular weight excluding hydrogens is 214 g/mol. The predicted octanol–water partition coefficient (Wildman–Crippen LogP) is 0.814. The Morgan fingerprint density at radius 1 is 1.41 bits per heavy atom. The van der Waals surface area contributed by atoms with Gasteiger partial charge in [0, 0.05) is 25.7 Å². The van der Waals surface area contributed by atoms with E-state index in [1.807, 2.05) is 0 Å². The Balaban J connectivity index is 2.49. The highest BCUT2D eigenvalue weighted by Gasteiger charge is 2.30. The molecule has 2 unspecified atom stereocenters. The zero-order valence-corrected chi connectivity index (χ0v) is 11.7. The molecule has 0 aliphatic carbocycles. The maximum Gasteiger partial charge on any atom is 0.0667 e. The number of ether oxygens (including phenoxy) is 1. The minimum atomic E-state index is 0.122. The number of methoxy groups -OCH3 is 1. The van der Waals surface area contributed by atoms with E-state index in [1.54, 1.807) is 7.11 Å². The summed E-state index contributed by atoms with van der Waals surface area (Å²) in [4.78, 5) is 2.51. The van der Waals surface area contributed by atoms with E-state index in [1.165, 1.54) is 19.4 Å². The molecule has 1 rings (SSSR count). The van der Waals surface area contributed by atoms with Gasteiger partial charge in [-0.05, 0) is 45.8 Å². The highest BCUT2D eigenvalue weighted by atomic mass is 16.5. The summed E-state index contributed by atoms with van der Waals surface area (Å²) in [5, 5.41) is 3.64. The molecule has 1 aliphatic heterocycles. The van der Waals surface area contributed by atoms with Crippen molar-refractivity contribution in [1.82, 2.24) is 10.2 Å². The lowest BCUT2D eigenvalue weighted by molar-refractivity contribution is 0.105. The molecule has 0 spiro atoms. The molecular formula is C13H29N3O. The van der Waals surface area contributed by atoms with E-state index in [2.05, 4.69) is 24.1 Å². The van der Waals surface area contributed by atoms with Crippen LogP contribution in [-0.2, 0) is 4.74 Å². The zero-order valence-electron chi connectivity index (χ0n) is 11.7. The predicted molar refractivity (Wildman–Crippen MR) is 72.2 cm³/mol. The molecule has 0 saturated carbocycles. The van der Waals surface area contributed by atoms with Crippen LogP contribution in [0.15, 0.2) is 0 Å². The van der Waals surface area contributed by atoms with E-state index in [0.717, 1.165) is 32.6 Å². The Morgan fingerprint density at radius 3 is 2.76 bits per heavy atom. The molecule has 4 heteroatoms. The van der Waals surface area contributed by atoms with Crippen LogP contribution in [0, 0.1) is 0 Å². The molecule has 4 nitrogen and oxygen atoms in total. The summed E-state index contributed by atoms with van der Waals surface area (Å²) in [6.45, 7) is 9.44. The lowest BCUT2D eigenvalue weighted by atomic mass is 9.90. The minimum absolute atomic E-state index is 0.122. The summed E-state index contributed by atoms with van der Waals surface area (Å²) in [7, 11) is 1.76. The number of rotatable bonds is 6. The molecule has 3 N–H and O–H groups in total. The molecule has 0 aromatic heterocycles. The third kappa shape index (κ3) is 4.54. The summed E-state index contributed by atoms with van der Waals surface area (Å²) in [5.41, 5.74) is 6.12. The highest BCUT2D eigenvalue weighted by Crippen LogP contribution is 2.21. The van der Waals surface area contributed by atoms with Crippen LogP contribution < -0.4 is 11.1 Å². The normalized spacial score (nSPS) is 28.9. The quantitative estimate of drug-likeness (QED) is 0.725. The summed E-state index contributed by atoms with van der Waals surface area (Å²) in [6.07, 6.45) is 3.81. The van der Waals surface area contributed by atoms with Crippen molar-refractivity contribution in [2.45, 2.75) is 44.8 Å². The molecule has 1 fully saturated rings. The fourth-order valence-corrected chi connectivity index (χ4v) is 2.46. The average Bonchev–Trinajstić information content (AvgIpc) is 2.58. The first-order valence-electron chi connectivity index (χ1n) is 6.86. The second-order valence-corrected chi connectivity index (χ2v) is 5.20. The molecule has 2 atom stereocenters. The molecule has 0 aromatic rings. The third-order valence-electron chi connectivity index (χ3n) is 4.04. The second-order valence-electron chi connectivity index (χ2n) is 5.20. The van der Waals surface area contributed by atoms with Crippen molar-refractivity contribution in [3.63, 3.8) is 0 Å². The Labute approximate surface area is 106 Å². The van der Waals surface area contributed by atoms with E-state index in [0.29, 0.717) is 0 Å². The van der Waals surface area contributed by atoms with E-state index >= 15 is 0 Å². The van der Waals surface area contributed by atoms with Crippen LogP contribution in [0.5, 0.6) is 0 Å². The first kappa shape index (κ1) is 14.9. The molecule has 0 radical (unpaired) electrons. The first-order chi connectivity index (χ1) is 8.15. The van der Waals surface area contributed by atoms with Gasteiger partial charge in [-0.1, -0.05) is 6.92 Å². The Bertz CT molecular complexity index is 213. The molecule has 17 heavy (non-hydrogen) atoms. The number of likely N-dealkylation sites (tertiary alicyclic amines) is 1. The summed E-state index contributed by atoms with van der Waals surface area (Å²) >= 11 is 0. The van der Waals surface area contributed by atoms with Crippen molar-refractivity contribution in [3.8, 4) is 0 Å². The van der Waals surface area contributed by atoms with Crippen LogP contribution in [0.3, 0.4) is 0 Å². The van der Waals surface area contributed by atoms with Gasteiger partial charge in [0.1, 0.15) is 0 Å². The largest absolute Gasteiger partial charge is 0.380 e. The molecule has 1 aliphatic rings. The van der Waals surface area contributed by atoms with Gasteiger partial charge in [0.25, 0.3) is 0 Å². The standard InChI is InChI=1S/C13H29N3O/c1-4-16-8-5-6-13(11-14,7-9-16)15-10-12(2)17-3/h12,15H,4-11,14H2,1-3H3. The van der Waals surface area contributed by atoms with Crippen molar-refractivity contribution >= 4 is 0 Å². The van der Waals surface area contributed by atoms with E-state index in [4.69, 9.17) is 10.5 Å². The van der Waals surface area contributed by atoms with Crippen LogP contribution >= 0.6 is 0 Å². The van der Waals surface area contributed by atoms with Gasteiger partial charge in [0.15, 0.2) is 0 Å². The minimum Gasteiger partial charge on any atom is -0.380 e. The van der Waals surface area contributed by atoms with Crippen LogP contribution in [0.25, 0.3) is 0 Å². The highest BCUT2D eigenvalue weighted by molar-refractivity contribution is 4.92. The van der Waals surface area contributed by atoms with Gasteiger partial charge in [0.05, 0.1) is 6.10 Å². The lowest BCUT2D eigenvalue weighted by Gasteiger charge is -2.34. The number of nitrogens with two attached hydrogens (primary N) is 1. The van der Waals surface area contributed by atoms with Crippen molar-refractivity contribution in [3.05, 3.63) is 0 Å².